The summed E-state index contributed by atoms with van der Waals surface area (Å²) in [6, 6.07) is 17.5. The van der Waals surface area contributed by atoms with Gasteiger partial charge in [0.2, 0.25) is 5.91 Å². The Morgan fingerprint density at radius 2 is 1.70 bits per heavy atom. The number of carbonyl (C=O) groups is 2. The van der Waals surface area contributed by atoms with E-state index in [2.05, 4.69) is 5.32 Å². The molecule has 0 saturated carbocycles. The monoisotopic (exact) mass is 565 g/mol. The van der Waals surface area contributed by atoms with Gasteiger partial charge in [0, 0.05) is 18.7 Å². The van der Waals surface area contributed by atoms with Crippen LogP contribution in [0.4, 0.5) is 15.8 Å². The van der Waals surface area contributed by atoms with Crippen LogP contribution in [0.3, 0.4) is 0 Å². The van der Waals surface area contributed by atoms with Crippen LogP contribution in [0.2, 0.25) is 0 Å². The minimum absolute atomic E-state index is 0.00552. The molecule has 1 atom stereocenters. The van der Waals surface area contributed by atoms with E-state index < -0.39 is 27.5 Å². The summed E-state index contributed by atoms with van der Waals surface area (Å²) in [7, 11) is -3.49. The molecule has 0 spiro atoms. The third kappa shape index (κ3) is 6.81. The van der Waals surface area contributed by atoms with Gasteiger partial charge in [-0.2, -0.15) is 0 Å². The molecule has 3 aromatic rings. The summed E-state index contributed by atoms with van der Waals surface area (Å²) < 4.78 is 39.6. The molecule has 0 aliphatic carbocycles. The number of aliphatic imine (C=N–C) groups is 1. The molecule has 8 nitrogen and oxygen atoms in total. The Morgan fingerprint density at radius 3 is 2.33 bits per heavy atom. The van der Waals surface area contributed by atoms with E-state index in [1.165, 1.54) is 24.3 Å². The number of hydrogen-bond acceptors (Lipinski definition) is 6. The van der Waals surface area contributed by atoms with Crippen LogP contribution in [0.25, 0.3) is 0 Å². The smallest absolute Gasteiger partial charge is 0.303 e. The maximum atomic E-state index is 13.9. The Balaban J connectivity index is 1.69. The lowest BCUT2D eigenvalue weighted by Gasteiger charge is -2.17. The Morgan fingerprint density at radius 1 is 1.02 bits per heavy atom. The van der Waals surface area contributed by atoms with Crippen molar-refractivity contribution >= 4 is 38.8 Å². The van der Waals surface area contributed by atoms with Gasteiger partial charge in [0.25, 0.3) is 0 Å². The summed E-state index contributed by atoms with van der Waals surface area (Å²) in [4.78, 5) is 31.1. The highest BCUT2D eigenvalue weighted by Crippen LogP contribution is 2.37. The topological polar surface area (TPSA) is 116 Å². The lowest BCUT2D eigenvalue weighted by atomic mass is 9.90. The minimum Gasteiger partial charge on any atom is -0.481 e. The van der Waals surface area contributed by atoms with E-state index in [1.54, 1.807) is 42.5 Å². The zero-order valence-electron chi connectivity index (χ0n) is 22.4. The molecule has 0 saturated heterocycles. The zero-order valence-corrected chi connectivity index (χ0v) is 23.2. The van der Waals surface area contributed by atoms with Gasteiger partial charge in [-0.25, -0.2) is 12.8 Å². The molecule has 10 heteroatoms. The molecular formula is C30H32FN3O5S. The van der Waals surface area contributed by atoms with Gasteiger partial charge in [0.15, 0.2) is 9.84 Å². The molecule has 1 heterocycles. The van der Waals surface area contributed by atoms with Crippen LogP contribution in [0.1, 0.15) is 42.9 Å². The fraction of sp³-hybridized carbons (Fsp3) is 0.300. The molecular weight excluding hydrogens is 533 g/mol. The first-order chi connectivity index (χ1) is 19.1. The molecule has 0 bridgehead atoms. The first-order valence-electron chi connectivity index (χ1n) is 13.2. The van der Waals surface area contributed by atoms with Crippen molar-refractivity contribution in [2.24, 2.45) is 4.99 Å². The number of fused-ring (bicyclic) bond motifs is 1. The average molecular weight is 566 g/mol. The van der Waals surface area contributed by atoms with Crippen LogP contribution >= 0.6 is 0 Å². The zero-order chi connectivity index (χ0) is 28.9. The third-order valence-corrected chi connectivity index (χ3v) is 8.72. The summed E-state index contributed by atoms with van der Waals surface area (Å²) >= 11 is 0. The lowest BCUT2D eigenvalue weighted by molar-refractivity contribution is -0.137. The van der Waals surface area contributed by atoms with Crippen LogP contribution in [0.5, 0.6) is 0 Å². The van der Waals surface area contributed by atoms with E-state index in [9.17, 15) is 22.4 Å². The number of rotatable bonds is 12. The Hall–Kier alpha value is -3.89. The Labute approximate surface area is 233 Å². The van der Waals surface area contributed by atoms with Crippen molar-refractivity contribution in [1.29, 1.82) is 0 Å². The Bertz CT molecular complexity index is 1520. The van der Waals surface area contributed by atoms with Crippen molar-refractivity contribution < 1.29 is 27.5 Å². The predicted octanol–water partition coefficient (Wildman–Crippen LogP) is 4.82. The van der Waals surface area contributed by atoms with Gasteiger partial charge in [-0.1, -0.05) is 44.2 Å². The van der Waals surface area contributed by atoms with Gasteiger partial charge in [-0.05, 0) is 72.6 Å². The first-order valence-corrected chi connectivity index (χ1v) is 14.8. The molecule has 0 fully saturated rings. The second-order valence-electron chi connectivity index (χ2n) is 9.58. The predicted molar refractivity (Wildman–Crippen MR) is 153 cm³/mol. The van der Waals surface area contributed by atoms with Gasteiger partial charge in [0.05, 0.1) is 22.0 Å². The summed E-state index contributed by atoms with van der Waals surface area (Å²) in [6.07, 6.45) is 0.354. The molecule has 1 amide bonds. The van der Waals surface area contributed by atoms with Crippen molar-refractivity contribution in [2.45, 2.75) is 37.5 Å². The number of amides is 1. The van der Waals surface area contributed by atoms with Crippen molar-refractivity contribution in [3.05, 3.63) is 89.2 Å². The number of carboxylic acid groups (broad SMARTS) is 1. The van der Waals surface area contributed by atoms with Gasteiger partial charge in [-0.3, -0.25) is 14.6 Å². The lowest BCUT2D eigenvalue weighted by Crippen LogP contribution is -2.29. The number of sulfone groups is 1. The standard InChI is InChI=1S/C30H32FN3O5S/c1-3-34(4-2)17-18-40(38,39)24-13-11-23(12-14-24)32-29(21-8-5-20(6-9-21)7-16-27(35)36)28-25-15-10-22(31)19-26(25)33-30(28)37/h5-6,8-15,19,28H,3-4,7,16-18H2,1-2H3,(H,33,37)(H,35,36). The first kappa shape index (κ1) is 29.1. The van der Waals surface area contributed by atoms with E-state index in [0.717, 1.165) is 18.7 Å². The minimum atomic E-state index is -3.49. The van der Waals surface area contributed by atoms with E-state index >= 15 is 0 Å². The fourth-order valence-electron chi connectivity index (χ4n) is 4.67. The second-order valence-corrected chi connectivity index (χ2v) is 11.7. The average Bonchev–Trinajstić information content (AvgIpc) is 3.26. The molecule has 40 heavy (non-hydrogen) atoms. The number of nitrogens with one attached hydrogen (secondary N) is 1. The number of carbonyl (C=O) groups excluding carboxylic acids is 1. The summed E-state index contributed by atoms with van der Waals surface area (Å²) in [5.74, 6) is -2.54. The summed E-state index contributed by atoms with van der Waals surface area (Å²) in [5.41, 5.74) is 3.27. The van der Waals surface area contributed by atoms with Crippen molar-refractivity contribution in [2.75, 3.05) is 30.7 Å². The number of aryl methyl sites for hydroxylation is 1. The molecule has 3 aromatic carbocycles. The quantitative estimate of drug-likeness (QED) is 0.305. The maximum absolute atomic E-state index is 13.9. The van der Waals surface area contributed by atoms with Crippen LogP contribution in [0.15, 0.2) is 76.6 Å². The maximum Gasteiger partial charge on any atom is 0.303 e. The highest BCUT2D eigenvalue weighted by Gasteiger charge is 2.35. The van der Waals surface area contributed by atoms with E-state index in [-0.39, 0.29) is 23.0 Å². The van der Waals surface area contributed by atoms with Crippen molar-refractivity contribution in [3.8, 4) is 0 Å². The highest BCUT2D eigenvalue weighted by atomic mass is 32.2. The Kier molecular flexibility index (Phi) is 9.11. The summed E-state index contributed by atoms with van der Waals surface area (Å²) in [6.45, 7) is 5.97. The molecule has 1 unspecified atom stereocenters. The van der Waals surface area contributed by atoms with Crippen LogP contribution in [-0.2, 0) is 25.8 Å². The number of carboxylic acids is 1. The van der Waals surface area contributed by atoms with Gasteiger partial charge < -0.3 is 15.3 Å². The second kappa shape index (κ2) is 12.5. The summed E-state index contributed by atoms with van der Waals surface area (Å²) in [5, 5.41) is 11.7. The van der Waals surface area contributed by atoms with E-state index in [1.807, 2.05) is 18.7 Å². The molecule has 1 aliphatic heterocycles. The number of halogens is 1. The number of hydrogen-bond donors (Lipinski definition) is 2. The van der Waals surface area contributed by atoms with E-state index in [0.29, 0.717) is 41.2 Å². The third-order valence-electron chi connectivity index (χ3n) is 7.01. The van der Waals surface area contributed by atoms with Crippen molar-refractivity contribution in [1.82, 2.24) is 4.90 Å². The molecule has 0 radical (unpaired) electrons. The van der Waals surface area contributed by atoms with Crippen LogP contribution < -0.4 is 5.32 Å². The number of benzene rings is 3. The molecule has 0 aromatic heterocycles. The van der Waals surface area contributed by atoms with Crippen LogP contribution in [-0.4, -0.2) is 61.4 Å². The number of aliphatic carboxylic acids is 1. The van der Waals surface area contributed by atoms with Crippen LogP contribution in [0, 0.1) is 5.82 Å². The molecule has 4 rings (SSSR count). The molecule has 1 aliphatic rings. The normalized spacial score (nSPS) is 15.2. The van der Waals surface area contributed by atoms with Crippen molar-refractivity contribution in [3.63, 3.8) is 0 Å². The highest BCUT2D eigenvalue weighted by molar-refractivity contribution is 7.91. The van der Waals surface area contributed by atoms with Gasteiger partial charge >= 0.3 is 5.97 Å². The largest absolute Gasteiger partial charge is 0.481 e. The number of anilines is 1. The SMILES string of the molecule is CCN(CC)CCS(=O)(=O)c1ccc(N=C(c2ccc(CCC(=O)O)cc2)C2C(=O)Nc3cc(F)ccc32)cc1. The van der Waals surface area contributed by atoms with Gasteiger partial charge in [0.1, 0.15) is 11.7 Å². The molecule has 2 N–H and O–H groups in total. The molecule has 210 valence electrons. The fourth-order valence-corrected chi connectivity index (χ4v) is 5.95. The van der Waals surface area contributed by atoms with Gasteiger partial charge in [-0.15, -0.1) is 0 Å². The number of nitrogens with zero attached hydrogens (tertiary/aromatic N) is 2. The van der Waals surface area contributed by atoms with E-state index in [4.69, 9.17) is 10.1 Å².